The molecule has 0 aromatic carbocycles. The van der Waals surface area contributed by atoms with E-state index in [4.69, 9.17) is 0 Å². The van der Waals surface area contributed by atoms with Gasteiger partial charge in [-0.25, -0.2) is 0 Å². The summed E-state index contributed by atoms with van der Waals surface area (Å²) in [6, 6.07) is 0. The molecule has 2 nitrogen and oxygen atoms in total. The predicted octanol–water partition coefficient (Wildman–Crippen LogP) is 1.72. The van der Waals surface area contributed by atoms with Crippen LogP contribution in [0.25, 0.3) is 0 Å². The molecule has 1 aliphatic rings. The van der Waals surface area contributed by atoms with Gasteiger partial charge in [-0.05, 0) is 38.4 Å². The van der Waals surface area contributed by atoms with E-state index in [1.54, 1.807) is 0 Å². The molecular weight excluding hydrogens is 160 g/mol. The molecule has 13 heavy (non-hydrogen) atoms. The Morgan fingerprint density at radius 3 is 2.38 bits per heavy atom. The Bertz CT molecular complexity index is 137. The summed E-state index contributed by atoms with van der Waals surface area (Å²) in [5.41, 5.74) is 0.635. The molecule has 0 aliphatic carbocycles. The first kappa shape index (κ1) is 11.0. The Kier molecular flexibility index (Phi) is 4.20. The van der Waals surface area contributed by atoms with Crippen LogP contribution in [0.5, 0.6) is 0 Å². The molecule has 1 N–H and O–H groups in total. The van der Waals surface area contributed by atoms with Crippen molar-refractivity contribution in [3.63, 3.8) is 0 Å². The molecule has 0 aromatic rings. The van der Waals surface area contributed by atoms with Crippen molar-refractivity contribution in [3.05, 3.63) is 0 Å². The highest BCUT2D eigenvalue weighted by Gasteiger charge is 2.27. The van der Waals surface area contributed by atoms with Gasteiger partial charge in [0, 0.05) is 13.1 Å². The van der Waals surface area contributed by atoms with Crippen molar-refractivity contribution in [3.8, 4) is 0 Å². The van der Waals surface area contributed by atoms with Crippen LogP contribution in [0.2, 0.25) is 0 Å². The monoisotopic (exact) mass is 184 g/mol. The van der Waals surface area contributed by atoms with E-state index >= 15 is 0 Å². The van der Waals surface area contributed by atoms with Gasteiger partial charge >= 0.3 is 0 Å². The van der Waals surface area contributed by atoms with Gasteiger partial charge in [0.1, 0.15) is 0 Å². The fourth-order valence-corrected chi connectivity index (χ4v) is 1.94. The quantitative estimate of drug-likeness (QED) is 0.715. The average Bonchev–Trinajstić information content (AvgIpc) is 2.17. The van der Waals surface area contributed by atoms with Gasteiger partial charge in [0.25, 0.3) is 0 Å². The minimum Gasteiger partial charge on any atom is -0.318 e. The molecule has 0 saturated carbocycles. The molecule has 0 atom stereocenters. The van der Waals surface area contributed by atoms with Gasteiger partial charge < -0.3 is 10.2 Å². The molecule has 2 heteroatoms. The van der Waals surface area contributed by atoms with E-state index < -0.39 is 0 Å². The van der Waals surface area contributed by atoms with Crippen molar-refractivity contribution in [1.82, 2.24) is 10.2 Å². The lowest BCUT2D eigenvalue weighted by molar-refractivity contribution is 0.116. The van der Waals surface area contributed by atoms with Gasteiger partial charge in [0.2, 0.25) is 0 Å². The maximum Gasteiger partial charge on any atom is 0.0107 e. The molecule has 1 aliphatic heterocycles. The summed E-state index contributed by atoms with van der Waals surface area (Å²) in [5.74, 6) is 0. The predicted molar refractivity (Wildman–Crippen MR) is 58.0 cm³/mol. The zero-order chi connectivity index (χ0) is 9.73. The van der Waals surface area contributed by atoms with E-state index in [2.05, 4.69) is 24.1 Å². The van der Waals surface area contributed by atoms with E-state index in [0.29, 0.717) is 5.41 Å². The van der Waals surface area contributed by atoms with Crippen molar-refractivity contribution in [2.45, 2.75) is 33.1 Å². The summed E-state index contributed by atoms with van der Waals surface area (Å²) in [7, 11) is 2.03. The Morgan fingerprint density at radius 2 is 1.92 bits per heavy atom. The van der Waals surface area contributed by atoms with Crippen LogP contribution >= 0.6 is 0 Å². The summed E-state index contributed by atoms with van der Waals surface area (Å²) in [6.07, 6.45) is 4.10. The number of likely N-dealkylation sites (tertiary alicyclic amines) is 1. The van der Waals surface area contributed by atoms with Crippen molar-refractivity contribution < 1.29 is 0 Å². The third-order valence-electron chi connectivity index (χ3n) is 3.59. The highest BCUT2D eigenvalue weighted by molar-refractivity contribution is 4.81. The SMILES string of the molecule is CCC1(C)CCN(CCNC)CC1. The molecule has 1 rings (SSSR count). The number of hydrogen-bond acceptors (Lipinski definition) is 2. The Balaban J connectivity index is 2.22. The normalized spacial score (nSPS) is 23.3. The van der Waals surface area contributed by atoms with Crippen LogP contribution in [0.3, 0.4) is 0 Å². The summed E-state index contributed by atoms with van der Waals surface area (Å²) < 4.78 is 0. The Labute approximate surface area is 82.7 Å². The van der Waals surface area contributed by atoms with Crippen LogP contribution in [-0.2, 0) is 0 Å². The van der Waals surface area contributed by atoms with Gasteiger partial charge in [-0.2, -0.15) is 0 Å². The van der Waals surface area contributed by atoms with Gasteiger partial charge in [0.05, 0.1) is 0 Å². The summed E-state index contributed by atoms with van der Waals surface area (Å²) in [4.78, 5) is 2.58. The lowest BCUT2D eigenvalue weighted by atomic mass is 9.78. The summed E-state index contributed by atoms with van der Waals surface area (Å²) in [5, 5.41) is 3.21. The second-order valence-corrected chi connectivity index (χ2v) is 4.61. The Morgan fingerprint density at radius 1 is 1.31 bits per heavy atom. The molecular formula is C11H24N2. The van der Waals surface area contributed by atoms with Crippen LogP contribution in [0.4, 0.5) is 0 Å². The molecule has 0 aromatic heterocycles. The molecule has 1 fully saturated rings. The minimum absolute atomic E-state index is 0.635. The zero-order valence-electron chi connectivity index (χ0n) is 9.40. The van der Waals surface area contributed by atoms with E-state index in [-0.39, 0.29) is 0 Å². The van der Waals surface area contributed by atoms with Gasteiger partial charge in [0.15, 0.2) is 0 Å². The number of hydrogen-bond donors (Lipinski definition) is 1. The fraction of sp³-hybridized carbons (Fsp3) is 1.00. The van der Waals surface area contributed by atoms with Gasteiger partial charge in [-0.15, -0.1) is 0 Å². The van der Waals surface area contributed by atoms with E-state index in [9.17, 15) is 0 Å². The summed E-state index contributed by atoms with van der Waals surface area (Å²) in [6.45, 7) is 9.70. The number of nitrogens with one attached hydrogen (secondary N) is 1. The molecule has 1 saturated heterocycles. The summed E-state index contributed by atoms with van der Waals surface area (Å²) >= 11 is 0. The lowest BCUT2D eigenvalue weighted by Crippen LogP contribution is -2.41. The highest BCUT2D eigenvalue weighted by atomic mass is 15.1. The molecule has 0 unspecified atom stereocenters. The van der Waals surface area contributed by atoms with E-state index in [1.807, 2.05) is 7.05 Å². The van der Waals surface area contributed by atoms with Crippen molar-refractivity contribution in [2.75, 3.05) is 33.2 Å². The third-order valence-corrected chi connectivity index (χ3v) is 3.59. The number of nitrogens with zero attached hydrogens (tertiary/aromatic N) is 1. The Hall–Kier alpha value is -0.0800. The number of likely N-dealkylation sites (N-methyl/N-ethyl adjacent to an activating group) is 1. The average molecular weight is 184 g/mol. The fourth-order valence-electron chi connectivity index (χ4n) is 1.94. The van der Waals surface area contributed by atoms with Crippen LogP contribution in [0.15, 0.2) is 0 Å². The molecule has 78 valence electrons. The number of rotatable bonds is 4. The van der Waals surface area contributed by atoms with Crippen LogP contribution in [0.1, 0.15) is 33.1 Å². The standard InChI is InChI=1S/C11H24N2/c1-4-11(2)5-8-13(9-6-11)10-7-12-3/h12H,4-10H2,1-3H3. The first-order valence-electron chi connectivity index (χ1n) is 5.57. The van der Waals surface area contributed by atoms with Crippen molar-refractivity contribution >= 4 is 0 Å². The van der Waals surface area contributed by atoms with Crippen molar-refractivity contribution in [2.24, 2.45) is 5.41 Å². The molecule has 1 heterocycles. The highest BCUT2D eigenvalue weighted by Crippen LogP contribution is 2.33. The first-order valence-corrected chi connectivity index (χ1v) is 5.57. The largest absolute Gasteiger partial charge is 0.318 e. The number of piperidine rings is 1. The van der Waals surface area contributed by atoms with Gasteiger partial charge in [-0.1, -0.05) is 20.3 Å². The maximum atomic E-state index is 3.21. The second kappa shape index (κ2) is 4.97. The smallest absolute Gasteiger partial charge is 0.0107 e. The van der Waals surface area contributed by atoms with Crippen LogP contribution in [0, 0.1) is 5.41 Å². The van der Waals surface area contributed by atoms with Crippen LogP contribution in [-0.4, -0.2) is 38.1 Å². The van der Waals surface area contributed by atoms with E-state index in [0.717, 1.165) is 6.54 Å². The maximum absolute atomic E-state index is 3.21. The minimum atomic E-state index is 0.635. The third kappa shape index (κ3) is 3.28. The van der Waals surface area contributed by atoms with E-state index in [1.165, 1.54) is 38.9 Å². The second-order valence-electron chi connectivity index (χ2n) is 4.61. The zero-order valence-corrected chi connectivity index (χ0v) is 9.40. The molecule has 0 bridgehead atoms. The van der Waals surface area contributed by atoms with Crippen molar-refractivity contribution in [1.29, 1.82) is 0 Å². The first-order chi connectivity index (χ1) is 6.20. The molecule has 0 amide bonds. The molecule has 0 spiro atoms. The lowest BCUT2D eigenvalue weighted by Gasteiger charge is -2.38. The van der Waals surface area contributed by atoms with Crippen LogP contribution < -0.4 is 5.32 Å². The molecule has 0 radical (unpaired) electrons. The van der Waals surface area contributed by atoms with Gasteiger partial charge in [-0.3, -0.25) is 0 Å². The topological polar surface area (TPSA) is 15.3 Å².